The van der Waals surface area contributed by atoms with Gasteiger partial charge in [-0.15, -0.1) is 0 Å². The Hall–Kier alpha value is -2.76. The lowest BCUT2D eigenvalue weighted by Gasteiger charge is -2.24. The van der Waals surface area contributed by atoms with Crippen molar-refractivity contribution in [2.75, 3.05) is 0 Å². The van der Waals surface area contributed by atoms with Crippen molar-refractivity contribution < 1.29 is 24.3 Å². The van der Waals surface area contributed by atoms with Crippen LogP contribution in [0.2, 0.25) is 0 Å². The highest BCUT2D eigenvalue weighted by atomic mass is 31.2. The number of rotatable bonds is 8. The average molecular weight is 411 g/mol. The minimum absolute atomic E-state index is 0.0910. The molecule has 3 aromatic carbocycles. The maximum absolute atomic E-state index is 12.0. The fraction of sp³-hybridized carbons (Fsp3) is 0.136. The van der Waals surface area contributed by atoms with Crippen LogP contribution >= 0.6 is 7.60 Å². The van der Waals surface area contributed by atoms with Crippen molar-refractivity contribution >= 4 is 13.6 Å². The minimum Gasteiger partial charge on any atom is -0.480 e. The fourth-order valence-corrected chi connectivity index (χ4v) is 4.07. The number of benzene rings is 3. The van der Waals surface area contributed by atoms with Crippen LogP contribution < -0.4 is 5.32 Å². The Labute approximate surface area is 169 Å². The first-order valence-corrected chi connectivity index (χ1v) is 10.8. The van der Waals surface area contributed by atoms with Gasteiger partial charge in [-0.1, -0.05) is 84.9 Å². The summed E-state index contributed by atoms with van der Waals surface area (Å²) in [5, 5.41) is 12.3. The number of hydrogen-bond donors (Lipinski definition) is 4. The van der Waals surface area contributed by atoms with Gasteiger partial charge in [-0.2, -0.15) is 0 Å². The summed E-state index contributed by atoms with van der Waals surface area (Å²) in [5.41, 5.74) is 3.15. The van der Waals surface area contributed by atoms with E-state index in [0.717, 1.165) is 16.7 Å². The van der Waals surface area contributed by atoms with E-state index >= 15 is 0 Å². The molecule has 7 heteroatoms. The van der Waals surface area contributed by atoms with Crippen molar-refractivity contribution in [1.29, 1.82) is 0 Å². The first kappa shape index (κ1) is 21.0. The Morgan fingerprint density at radius 2 is 1.34 bits per heavy atom. The topological polar surface area (TPSA) is 107 Å². The van der Waals surface area contributed by atoms with Crippen LogP contribution in [0.5, 0.6) is 0 Å². The molecule has 0 aliphatic heterocycles. The van der Waals surface area contributed by atoms with Gasteiger partial charge in [0.2, 0.25) is 0 Å². The molecule has 3 aromatic rings. The largest absolute Gasteiger partial charge is 0.480 e. The number of carbonyl (C=O) groups is 1. The van der Waals surface area contributed by atoms with E-state index in [1.54, 1.807) is 30.3 Å². The first-order chi connectivity index (χ1) is 13.8. The summed E-state index contributed by atoms with van der Waals surface area (Å²) in [4.78, 5) is 31.3. The van der Waals surface area contributed by atoms with Gasteiger partial charge in [0.1, 0.15) is 11.8 Å². The quantitative estimate of drug-likeness (QED) is 0.420. The van der Waals surface area contributed by atoms with Gasteiger partial charge in [-0.25, -0.2) is 0 Å². The van der Waals surface area contributed by atoms with Crippen LogP contribution in [0, 0.1) is 0 Å². The van der Waals surface area contributed by atoms with Crippen molar-refractivity contribution in [3.63, 3.8) is 0 Å². The van der Waals surface area contributed by atoms with E-state index in [0.29, 0.717) is 5.56 Å². The first-order valence-electron chi connectivity index (χ1n) is 9.08. The predicted octanol–water partition coefficient (Wildman–Crippen LogP) is 3.82. The summed E-state index contributed by atoms with van der Waals surface area (Å²) in [7, 11) is -4.62. The van der Waals surface area contributed by atoms with Crippen LogP contribution in [-0.2, 0) is 15.8 Å². The van der Waals surface area contributed by atoms with Gasteiger partial charge in [0.15, 0.2) is 0 Å². The molecule has 2 atom stereocenters. The molecule has 150 valence electrons. The molecule has 0 amide bonds. The number of carboxylic acids is 1. The third-order valence-corrected chi connectivity index (χ3v) is 5.73. The summed E-state index contributed by atoms with van der Waals surface area (Å²) < 4.78 is 12.0. The second kappa shape index (κ2) is 9.16. The van der Waals surface area contributed by atoms with Gasteiger partial charge < -0.3 is 14.9 Å². The van der Waals surface area contributed by atoms with Crippen molar-refractivity contribution in [3.05, 3.63) is 96.1 Å². The molecule has 4 N–H and O–H groups in total. The zero-order chi connectivity index (χ0) is 20.9. The number of carboxylic acid groups (broad SMARTS) is 1. The van der Waals surface area contributed by atoms with Crippen molar-refractivity contribution in [2.45, 2.75) is 18.2 Å². The van der Waals surface area contributed by atoms with Crippen molar-refractivity contribution in [1.82, 2.24) is 5.32 Å². The Morgan fingerprint density at radius 1 is 0.828 bits per heavy atom. The van der Waals surface area contributed by atoms with Gasteiger partial charge in [0.25, 0.3) is 0 Å². The molecular formula is C22H22NO5P. The molecular weight excluding hydrogens is 389 g/mol. The van der Waals surface area contributed by atoms with Gasteiger partial charge in [0, 0.05) is 0 Å². The smallest absolute Gasteiger partial charge is 0.346 e. The zero-order valence-electron chi connectivity index (χ0n) is 15.6. The molecule has 29 heavy (non-hydrogen) atoms. The highest BCUT2D eigenvalue weighted by molar-refractivity contribution is 7.52. The van der Waals surface area contributed by atoms with E-state index in [4.69, 9.17) is 0 Å². The Bertz CT molecular complexity index is 987. The van der Waals surface area contributed by atoms with Crippen molar-refractivity contribution in [3.8, 4) is 11.1 Å². The van der Waals surface area contributed by atoms with E-state index in [2.05, 4.69) is 5.32 Å². The lowest BCUT2D eigenvalue weighted by molar-refractivity contribution is -0.139. The van der Waals surface area contributed by atoms with E-state index in [9.17, 15) is 24.3 Å². The summed E-state index contributed by atoms with van der Waals surface area (Å²) in [5.74, 6) is -2.57. The SMILES string of the molecule is O=C(O)C(Cc1ccc(-c2ccccc2)cc1)NC(c1ccccc1)P(=O)(O)O. The van der Waals surface area contributed by atoms with Crippen LogP contribution in [0.15, 0.2) is 84.9 Å². The van der Waals surface area contributed by atoms with Gasteiger partial charge in [-0.05, 0) is 28.7 Å². The highest BCUT2D eigenvalue weighted by Gasteiger charge is 2.34. The average Bonchev–Trinajstić information content (AvgIpc) is 2.71. The molecule has 0 aliphatic rings. The van der Waals surface area contributed by atoms with Crippen LogP contribution in [0.1, 0.15) is 16.9 Å². The lowest BCUT2D eigenvalue weighted by atomic mass is 10.0. The van der Waals surface area contributed by atoms with Gasteiger partial charge in [0.05, 0.1) is 0 Å². The molecule has 2 unspecified atom stereocenters. The number of nitrogens with one attached hydrogen (secondary N) is 1. The normalized spacial score (nSPS) is 13.6. The van der Waals surface area contributed by atoms with E-state index in [1.807, 2.05) is 54.6 Å². The predicted molar refractivity (Wildman–Crippen MR) is 111 cm³/mol. The van der Waals surface area contributed by atoms with Crippen molar-refractivity contribution in [2.24, 2.45) is 0 Å². The van der Waals surface area contributed by atoms with Gasteiger partial charge in [-0.3, -0.25) is 14.7 Å². The number of aliphatic carboxylic acids is 1. The molecule has 0 heterocycles. The third kappa shape index (κ3) is 5.62. The Kier molecular flexibility index (Phi) is 6.62. The Balaban J connectivity index is 1.79. The van der Waals surface area contributed by atoms with E-state index in [-0.39, 0.29) is 6.42 Å². The highest BCUT2D eigenvalue weighted by Crippen LogP contribution is 2.50. The van der Waals surface area contributed by atoms with Crippen LogP contribution in [0.25, 0.3) is 11.1 Å². The molecule has 6 nitrogen and oxygen atoms in total. The molecule has 0 aliphatic carbocycles. The van der Waals surface area contributed by atoms with Crippen LogP contribution in [-0.4, -0.2) is 26.9 Å². The van der Waals surface area contributed by atoms with Gasteiger partial charge >= 0.3 is 13.6 Å². The summed E-state index contributed by atoms with van der Waals surface area (Å²) in [6, 6.07) is 24.3. The third-order valence-electron chi connectivity index (χ3n) is 4.61. The molecule has 0 radical (unpaired) electrons. The van der Waals surface area contributed by atoms with E-state index < -0.39 is 25.4 Å². The molecule has 0 spiro atoms. The molecule has 0 bridgehead atoms. The maximum atomic E-state index is 12.0. The minimum atomic E-state index is -4.62. The molecule has 0 aromatic heterocycles. The number of hydrogen-bond acceptors (Lipinski definition) is 3. The maximum Gasteiger partial charge on any atom is 0.346 e. The van der Waals surface area contributed by atoms with Crippen LogP contribution in [0.4, 0.5) is 0 Å². The monoisotopic (exact) mass is 411 g/mol. The lowest BCUT2D eigenvalue weighted by Crippen LogP contribution is -2.40. The molecule has 0 saturated heterocycles. The molecule has 3 rings (SSSR count). The van der Waals surface area contributed by atoms with E-state index in [1.165, 1.54) is 0 Å². The second-order valence-electron chi connectivity index (χ2n) is 6.73. The summed E-state index contributed by atoms with van der Waals surface area (Å²) in [6.45, 7) is 0. The zero-order valence-corrected chi connectivity index (χ0v) is 16.4. The molecule has 0 fully saturated rings. The Morgan fingerprint density at radius 3 is 1.86 bits per heavy atom. The summed E-state index contributed by atoms with van der Waals surface area (Å²) in [6.07, 6.45) is 0.0910. The fourth-order valence-electron chi connectivity index (χ4n) is 3.13. The standard InChI is InChI=1S/C22H22NO5P/c24-22(25)20(23-21(29(26,27)28)19-9-5-2-6-10-19)15-16-11-13-18(14-12-16)17-7-3-1-4-8-17/h1-14,20-21,23H,15H2,(H,24,25)(H2,26,27,28). The van der Waals surface area contributed by atoms with Crippen LogP contribution in [0.3, 0.4) is 0 Å². The second-order valence-corrected chi connectivity index (χ2v) is 8.42. The summed E-state index contributed by atoms with van der Waals surface area (Å²) >= 11 is 0. The molecule has 0 saturated carbocycles.